The molecular weight excluding hydrogens is 789 g/mol. The molecule has 0 amide bonds. The molecule has 2 N–H and O–H groups in total. The van der Waals surface area contributed by atoms with Crippen molar-refractivity contribution in [2.24, 2.45) is 0 Å². The lowest BCUT2D eigenvalue weighted by atomic mass is 9.90. The zero-order chi connectivity index (χ0) is 43.8. The fourth-order valence-electron chi connectivity index (χ4n) is 8.59. The molecular formula is C53H44N4O6. The Bertz CT molecular complexity index is 3200. The van der Waals surface area contributed by atoms with E-state index in [0.717, 1.165) is 50.0 Å². The van der Waals surface area contributed by atoms with Gasteiger partial charge in [-0.25, -0.2) is 9.97 Å². The van der Waals surface area contributed by atoms with Gasteiger partial charge >= 0.3 is 0 Å². The molecule has 9 rings (SSSR count). The number of aromatic nitrogens is 4. The number of carbonyl (C=O) groups is 2. The van der Waals surface area contributed by atoms with Crippen LogP contribution in [0.25, 0.3) is 90.9 Å². The Kier molecular flexibility index (Phi) is 10.8. The van der Waals surface area contributed by atoms with Gasteiger partial charge in [-0.05, 0) is 133 Å². The number of Topliss-reactive ketones (excluding diaryl/α,β-unsaturated/α-hetero) is 2. The second kappa shape index (κ2) is 16.8. The van der Waals surface area contributed by atoms with E-state index in [1.807, 2.05) is 127 Å². The second-order valence-electron chi connectivity index (χ2n) is 15.3. The number of nitrogens with one attached hydrogen (secondary N) is 2. The minimum Gasteiger partial charge on any atom is -0.497 e. The molecule has 0 radical (unpaired) electrons. The lowest BCUT2D eigenvalue weighted by Gasteiger charge is -2.12. The van der Waals surface area contributed by atoms with E-state index in [1.54, 1.807) is 28.4 Å². The number of benzene rings is 4. The van der Waals surface area contributed by atoms with Crippen molar-refractivity contribution in [1.82, 2.24) is 19.9 Å². The maximum Gasteiger partial charge on any atom is 0.144 e. The molecule has 0 unspecified atom stereocenters. The van der Waals surface area contributed by atoms with Crippen molar-refractivity contribution in [2.75, 3.05) is 28.4 Å². The Labute approximate surface area is 364 Å². The summed E-state index contributed by atoms with van der Waals surface area (Å²) in [5.41, 5.74) is 12.4. The quantitative estimate of drug-likeness (QED) is 0.123. The van der Waals surface area contributed by atoms with Gasteiger partial charge in [-0.1, -0.05) is 48.5 Å². The SMILES string of the molecule is COc1cccc(-c2c3nc(c(-c4cccc(OC)c4)c4cc(C(C(C)=O)C(C)=O)c([nH]4)c(-c4cccc(OC)c4)c4nc(c(-c5cccc(OC)c5)c5ccc2[nH]5)C=C4)C=C3)c1. The molecule has 0 spiro atoms. The molecule has 0 saturated heterocycles. The zero-order valence-electron chi connectivity index (χ0n) is 35.7. The van der Waals surface area contributed by atoms with Gasteiger partial charge in [-0.15, -0.1) is 0 Å². The van der Waals surface area contributed by atoms with Crippen LogP contribution in [0.15, 0.2) is 115 Å². The molecule has 10 heteroatoms. The number of nitrogens with zero attached hydrogens (tertiary/aromatic N) is 2. The Morgan fingerprint density at radius 1 is 0.444 bits per heavy atom. The van der Waals surface area contributed by atoms with Gasteiger partial charge in [0.2, 0.25) is 0 Å². The largest absolute Gasteiger partial charge is 0.497 e. The van der Waals surface area contributed by atoms with E-state index in [1.165, 1.54) is 13.8 Å². The highest BCUT2D eigenvalue weighted by molar-refractivity contribution is 6.10. The van der Waals surface area contributed by atoms with Crippen molar-refractivity contribution < 1.29 is 28.5 Å². The van der Waals surface area contributed by atoms with Gasteiger partial charge in [0.1, 0.15) is 40.5 Å². The monoisotopic (exact) mass is 832 g/mol. The fourth-order valence-corrected chi connectivity index (χ4v) is 8.59. The smallest absolute Gasteiger partial charge is 0.144 e. The number of aromatic amines is 2. The lowest BCUT2D eigenvalue weighted by molar-refractivity contribution is -0.126. The van der Waals surface area contributed by atoms with Crippen LogP contribution in [0.1, 0.15) is 48.1 Å². The number of hydrogen-bond acceptors (Lipinski definition) is 8. The first-order chi connectivity index (χ1) is 30.7. The molecule has 0 saturated carbocycles. The molecule has 63 heavy (non-hydrogen) atoms. The molecule has 0 atom stereocenters. The highest BCUT2D eigenvalue weighted by atomic mass is 16.5. The van der Waals surface area contributed by atoms with E-state index in [0.29, 0.717) is 67.9 Å². The van der Waals surface area contributed by atoms with Gasteiger partial charge in [0.15, 0.2) is 0 Å². The van der Waals surface area contributed by atoms with Crippen molar-refractivity contribution in [2.45, 2.75) is 19.8 Å². The first-order valence-electron chi connectivity index (χ1n) is 20.5. The lowest BCUT2D eigenvalue weighted by Crippen LogP contribution is -2.16. The predicted molar refractivity (Wildman–Crippen MR) is 251 cm³/mol. The van der Waals surface area contributed by atoms with Crippen molar-refractivity contribution in [3.05, 3.63) is 144 Å². The molecule has 0 fully saturated rings. The number of ketones is 2. The number of rotatable bonds is 11. The molecule has 2 aliphatic heterocycles. The molecule has 3 aromatic heterocycles. The van der Waals surface area contributed by atoms with Crippen LogP contribution in [0, 0.1) is 0 Å². The minimum atomic E-state index is -1.08. The molecule has 312 valence electrons. The summed E-state index contributed by atoms with van der Waals surface area (Å²) in [7, 11) is 6.55. The number of H-pyrrole nitrogens is 2. The number of hydrogen-bond donors (Lipinski definition) is 2. The summed E-state index contributed by atoms with van der Waals surface area (Å²) in [5.74, 6) is 1.02. The fraction of sp³-hybridized carbons (Fsp3) is 0.132. The summed E-state index contributed by atoms with van der Waals surface area (Å²) in [6.45, 7) is 2.91. The Balaban J connectivity index is 1.55. The highest BCUT2D eigenvalue weighted by Crippen LogP contribution is 2.42. The van der Waals surface area contributed by atoms with Crippen molar-refractivity contribution in [1.29, 1.82) is 0 Å². The first-order valence-corrected chi connectivity index (χ1v) is 20.5. The predicted octanol–water partition coefficient (Wildman–Crippen LogP) is 11.6. The van der Waals surface area contributed by atoms with E-state index in [9.17, 15) is 9.59 Å². The summed E-state index contributed by atoms with van der Waals surface area (Å²) in [6.07, 6.45) is 7.96. The summed E-state index contributed by atoms with van der Waals surface area (Å²) >= 11 is 0. The first kappa shape index (κ1) is 40.4. The third-order valence-corrected chi connectivity index (χ3v) is 11.5. The number of methoxy groups -OCH3 is 4. The van der Waals surface area contributed by atoms with Crippen molar-refractivity contribution in [3.63, 3.8) is 0 Å². The molecule has 5 heterocycles. The third kappa shape index (κ3) is 7.56. The van der Waals surface area contributed by atoms with Crippen LogP contribution in [0.2, 0.25) is 0 Å². The molecule has 0 aliphatic carbocycles. The highest BCUT2D eigenvalue weighted by Gasteiger charge is 2.28. The topological polar surface area (TPSA) is 128 Å². The number of carbonyl (C=O) groups excluding carboxylic acids is 2. The Morgan fingerprint density at radius 3 is 1.16 bits per heavy atom. The summed E-state index contributed by atoms with van der Waals surface area (Å²) in [5, 5.41) is 0. The maximum absolute atomic E-state index is 13.7. The average molecular weight is 833 g/mol. The molecule has 2 aliphatic rings. The third-order valence-electron chi connectivity index (χ3n) is 11.5. The van der Waals surface area contributed by atoms with E-state index in [2.05, 4.69) is 22.1 Å². The molecule has 4 aromatic carbocycles. The standard InChI is InChI=1S/C53H44N4O6/c1-30(58)48(31(2)59)40-29-47-51(34-13-9-17-38(27-34)62-5)45-22-21-43(55-45)49(32-11-7-15-36(25-32)60-3)41-19-20-42(54-41)50(33-12-8-16-37(26-33)61-4)44-23-24-46(56-44)52(53(40)57-47)35-14-10-18-39(28-35)63-6/h7-29,48,54,57H,1-6H3. The molecule has 8 bridgehead atoms. The van der Waals surface area contributed by atoms with Crippen LogP contribution in [0.4, 0.5) is 0 Å². The molecule has 7 aromatic rings. The number of ether oxygens (including phenoxy) is 4. The van der Waals surface area contributed by atoms with Gasteiger partial charge in [0.05, 0.1) is 56.7 Å². The summed E-state index contributed by atoms with van der Waals surface area (Å²) < 4.78 is 22.9. The van der Waals surface area contributed by atoms with Crippen LogP contribution in [0.5, 0.6) is 23.0 Å². The van der Waals surface area contributed by atoms with Gasteiger partial charge < -0.3 is 28.9 Å². The van der Waals surface area contributed by atoms with E-state index in [4.69, 9.17) is 28.9 Å². The van der Waals surface area contributed by atoms with Gasteiger partial charge in [-0.2, -0.15) is 0 Å². The van der Waals surface area contributed by atoms with Crippen LogP contribution >= 0.6 is 0 Å². The maximum atomic E-state index is 13.7. The summed E-state index contributed by atoms with van der Waals surface area (Å²) in [4.78, 5) is 45.6. The number of fused-ring (bicyclic) bond motifs is 8. The van der Waals surface area contributed by atoms with E-state index >= 15 is 0 Å². The minimum absolute atomic E-state index is 0.286. The molecule has 10 nitrogen and oxygen atoms in total. The summed E-state index contributed by atoms with van der Waals surface area (Å²) in [6, 6.07) is 37.3. The normalized spacial score (nSPS) is 11.8. The van der Waals surface area contributed by atoms with Crippen LogP contribution < -0.4 is 18.9 Å². The second-order valence-corrected chi connectivity index (χ2v) is 15.3. The zero-order valence-corrected chi connectivity index (χ0v) is 35.7. The van der Waals surface area contributed by atoms with Gasteiger partial charge in [0, 0.05) is 38.8 Å². The van der Waals surface area contributed by atoms with E-state index < -0.39 is 5.92 Å². The van der Waals surface area contributed by atoms with Gasteiger partial charge in [0.25, 0.3) is 0 Å². The van der Waals surface area contributed by atoms with E-state index in [-0.39, 0.29) is 11.6 Å². The van der Waals surface area contributed by atoms with Crippen molar-refractivity contribution in [3.8, 4) is 67.5 Å². The van der Waals surface area contributed by atoms with Gasteiger partial charge in [-0.3, -0.25) is 9.59 Å². The van der Waals surface area contributed by atoms with Crippen LogP contribution in [-0.2, 0) is 9.59 Å². The Morgan fingerprint density at radius 2 is 0.794 bits per heavy atom. The van der Waals surface area contributed by atoms with Crippen LogP contribution in [-0.4, -0.2) is 59.9 Å². The Hall–Kier alpha value is -7.98. The average Bonchev–Trinajstić information content (AvgIpc) is 4.14. The van der Waals surface area contributed by atoms with Crippen molar-refractivity contribution >= 4 is 57.9 Å². The van der Waals surface area contributed by atoms with Crippen LogP contribution in [0.3, 0.4) is 0 Å².